The molecule has 1 N–H and O–H groups in total. The first-order chi connectivity index (χ1) is 13.6. The molecule has 0 radical (unpaired) electrons. The number of para-hydroxylation sites is 1. The van der Waals surface area contributed by atoms with Crippen LogP contribution in [0.25, 0.3) is 0 Å². The summed E-state index contributed by atoms with van der Waals surface area (Å²) in [6, 6.07) is 16.2. The number of amides is 1. The van der Waals surface area contributed by atoms with Gasteiger partial charge in [0.25, 0.3) is 5.91 Å². The zero-order valence-electron chi connectivity index (χ0n) is 16.6. The molecule has 1 heterocycles. The molecule has 28 heavy (non-hydrogen) atoms. The number of nitrogens with one attached hydrogen (secondary N) is 1. The molecule has 0 saturated carbocycles. The first-order valence-corrected chi connectivity index (χ1v) is 9.61. The highest BCUT2D eigenvalue weighted by Gasteiger charge is 2.14. The number of hydrogen-bond donors (Lipinski definition) is 1. The Morgan fingerprint density at radius 2 is 1.54 bits per heavy atom. The van der Waals surface area contributed by atoms with Crippen LogP contribution in [0.5, 0.6) is 0 Å². The van der Waals surface area contributed by atoms with E-state index >= 15 is 0 Å². The van der Waals surface area contributed by atoms with Crippen LogP contribution < -0.4 is 5.32 Å². The summed E-state index contributed by atoms with van der Waals surface area (Å²) in [5.74, 6) is 0.400. The Balaban J connectivity index is 1.72. The fourth-order valence-electron chi connectivity index (χ4n) is 3.17. The molecule has 1 aromatic heterocycles. The third-order valence-electron chi connectivity index (χ3n) is 4.74. The highest BCUT2D eigenvalue weighted by Crippen LogP contribution is 2.25. The molecule has 0 aliphatic rings. The zero-order valence-corrected chi connectivity index (χ0v) is 16.6. The van der Waals surface area contributed by atoms with Crippen LogP contribution in [0.15, 0.2) is 60.9 Å². The Labute approximate surface area is 166 Å². The van der Waals surface area contributed by atoms with Crippen LogP contribution >= 0.6 is 0 Å². The van der Waals surface area contributed by atoms with Gasteiger partial charge in [-0.2, -0.15) is 0 Å². The Bertz CT molecular complexity index is 901. The van der Waals surface area contributed by atoms with Crippen molar-refractivity contribution in [2.45, 2.75) is 33.2 Å². The number of aryl methyl sites for hydroxylation is 2. The second kappa shape index (κ2) is 9.13. The SMILES string of the molecule is CCc1cccc(CC)c1Nc1ncc(C(=O)N(C)Cc2ccccc2)cn1. The zero-order chi connectivity index (χ0) is 19.9. The fourth-order valence-corrected chi connectivity index (χ4v) is 3.17. The molecule has 144 valence electrons. The first-order valence-electron chi connectivity index (χ1n) is 9.61. The van der Waals surface area contributed by atoms with Crippen molar-refractivity contribution in [2.75, 3.05) is 12.4 Å². The minimum atomic E-state index is -0.0985. The molecule has 0 aliphatic heterocycles. The number of aromatic nitrogens is 2. The molecule has 3 aromatic rings. The van der Waals surface area contributed by atoms with E-state index in [0.29, 0.717) is 18.1 Å². The summed E-state index contributed by atoms with van der Waals surface area (Å²) in [6.07, 6.45) is 5.02. The predicted octanol–water partition coefficient (Wildman–Crippen LogP) is 4.62. The van der Waals surface area contributed by atoms with Gasteiger partial charge in [0.15, 0.2) is 0 Å². The minimum absolute atomic E-state index is 0.0985. The number of anilines is 2. The van der Waals surface area contributed by atoms with Gasteiger partial charge in [-0.3, -0.25) is 4.79 Å². The van der Waals surface area contributed by atoms with E-state index in [-0.39, 0.29) is 5.91 Å². The third-order valence-corrected chi connectivity index (χ3v) is 4.74. The molecule has 0 saturated heterocycles. The van der Waals surface area contributed by atoms with Crippen molar-refractivity contribution < 1.29 is 4.79 Å². The maximum atomic E-state index is 12.6. The topological polar surface area (TPSA) is 58.1 Å². The summed E-state index contributed by atoms with van der Waals surface area (Å²) < 4.78 is 0. The van der Waals surface area contributed by atoms with Crippen molar-refractivity contribution in [3.05, 3.63) is 83.2 Å². The van der Waals surface area contributed by atoms with Crippen molar-refractivity contribution in [1.82, 2.24) is 14.9 Å². The average molecular weight is 374 g/mol. The van der Waals surface area contributed by atoms with Gasteiger partial charge in [-0.25, -0.2) is 9.97 Å². The van der Waals surface area contributed by atoms with Gasteiger partial charge in [-0.15, -0.1) is 0 Å². The van der Waals surface area contributed by atoms with Crippen LogP contribution in [0.2, 0.25) is 0 Å². The summed E-state index contributed by atoms with van der Waals surface area (Å²) in [4.78, 5) is 23.0. The molecule has 5 nitrogen and oxygen atoms in total. The summed E-state index contributed by atoms with van der Waals surface area (Å²) >= 11 is 0. The van der Waals surface area contributed by atoms with Crippen LogP contribution in [-0.2, 0) is 19.4 Å². The molecule has 0 atom stereocenters. The lowest BCUT2D eigenvalue weighted by Gasteiger charge is -2.17. The number of hydrogen-bond acceptors (Lipinski definition) is 4. The predicted molar refractivity (Wildman–Crippen MR) is 113 cm³/mol. The number of benzene rings is 2. The van der Waals surface area contributed by atoms with Gasteiger partial charge in [-0.1, -0.05) is 62.4 Å². The Kier molecular flexibility index (Phi) is 6.37. The molecule has 1 amide bonds. The van der Waals surface area contributed by atoms with Gasteiger partial charge >= 0.3 is 0 Å². The van der Waals surface area contributed by atoms with Crippen LogP contribution in [0, 0.1) is 0 Å². The van der Waals surface area contributed by atoms with Crippen LogP contribution in [0.4, 0.5) is 11.6 Å². The number of carbonyl (C=O) groups excluding carboxylic acids is 1. The second-order valence-electron chi connectivity index (χ2n) is 6.73. The van der Waals surface area contributed by atoms with E-state index in [1.807, 2.05) is 30.3 Å². The third kappa shape index (κ3) is 4.55. The lowest BCUT2D eigenvalue weighted by Crippen LogP contribution is -2.26. The molecule has 0 bridgehead atoms. The van der Waals surface area contributed by atoms with E-state index in [4.69, 9.17) is 0 Å². The second-order valence-corrected chi connectivity index (χ2v) is 6.73. The van der Waals surface area contributed by atoms with Gasteiger partial charge in [0, 0.05) is 31.7 Å². The molecular weight excluding hydrogens is 348 g/mol. The average Bonchev–Trinajstić information content (AvgIpc) is 2.74. The summed E-state index contributed by atoms with van der Waals surface area (Å²) in [7, 11) is 1.78. The van der Waals surface area contributed by atoms with Crippen molar-refractivity contribution >= 4 is 17.5 Å². The fraction of sp³-hybridized carbons (Fsp3) is 0.261. The molecule has 2 aromatic carbocycles. The summed E-state index contributed by atoms with van der Waals surface area (Å²) in [5, 5.41) is 3.33. The molecule has 0 fully saturated rings. The summed E-state index contributed by atoms with van der Waals surface area (Å²) in [5.41, 5.74) is 5.08. The quantitative estimate of drug-likeness (QED) is 0.656. The maximum Gasteiger partial charge on any atom is 0.257 e. The van der Waals surface area contributed by atoms with E-state index in [1.165, 1.54) is 11.1 Å². The Hall–Kier alpha value is -3.21. The normalized spacial score (nSPS) is 10.5. The Morgan fingerprint density at radius 1 is 0.929 bits per heavy atom. The Morgan fingerprint density at radius 3 is 2.11 bits per heavy atom. The van der Waals surface area contributed by atoms with E-state index < -0.39 is 0 Å². The lowest BCUT2D eigenvalue weighted by molar-refractivity contribution is 0.0784. The van der Waals surface area contributed by atoms with Gasteiger partial charge in [0.05, 0.1) is 5.56 Å². The minimum Gasteiger partial charge on any atom is -0.337 e. The summed E-state index contributed by atoms with van der Waals surface area (Å²) in [6.45, 7) is 4.81. The van der Waals surface area contributed by atoms with Crippen LogP contribution in [0.3, 0.4) is 0 Å². The largest absolute Gasteiger partial charge is 0.337 e. The first kappa shape index (κ1) is 19.5. The lowest BCUT2D eigenvalue weighted by atomic mass is 10.0. The highest BCUT2D eigenvalue weighted by atomic mass is 16.2. The highest BCUT2D eigenvalue weighted by molar-refractivity contribution is 5.93. The number of carbonyl (C=O) groups is 1. The van der Waals surface area contributed by atoms with Crippen molar-refractivity contribution in [3.8, 4) is 0 Å². The van der Waals surface area contributed by atoms with Gasteiger partial charge in [0.2, 0.25) is 5.95 Å². The van der Waals surface area contributed by atoms with Gasteiger partial charge in [-0.05, 0) is 29.5 Å². The van der Waals surface area contributed by atoms with Crippen molar-refractivity contribution in [3.63, 3.8) is 0 Å². The number of rotatable bonds is 7. The van der Waals surface area contributed by atoms with E-state index in [9.17, 15) is 4.79 Å². The van der Waals surface area contributed by atoms with E-state index in [2.05, 4.69) is 47.3 Å². The van der Waals surface area contributed by atoms with Crippen LogP contribution in [0.1, 0.15) is 40.9 Å². The van der Waals surface area contributed by atoms with Gasteiger partial charge < -0.3 is 10.2 Å². The standard InChI is InChI=1S/C23H26N4O/c1-4-18-12-9-13-19(5-2)21(18)26-23-24-14-20(15-25-23)22(28)27(3)16-17-10-7-6-8-11-17/h6-15H,4-5,16H2,1-3H3,(H,24,25,26). The van der Waals surface area contributed by atoms with Crippen LogP contribution in [-0.4, -0.2) is 27.8 Å². The van der Waals surface area contributed by atoms with E-state index in [0.717, 1.165) is 24.1 Å². The molecule has 0 aliphatic carbocycles. The molecule has 5 heteroatoms. The molecule has 3 rings (SSSR count). The van der Waals surface area contributed by atoms with Crippen molar-refractivity contribution in [1.29, 1.82) is 0 Å². The molecular formula is C23H26N4O. The van der Waals surface area contributed by atoms with Gasteiger partial charge in [0.1, 0.15) is 0 Å². The maximum absolute atomic E-state index is 12.6. The smallest absolute Gasteiger partial charge is 0.257 e. The molecule has 0 unspecified atom stereocenters. The van der Waals surface area contributed by atoms with E-state index in [1.54, 1.807) is 24.3 Å². The molecule has 0 spiro atoms. The monoisotopic (exact) mass is 374 g/mol. The van der Waals surface area contributed by atoms with Crippen molar-refractivity contribution in [2.24, 2.45) is 0 Å². The number of nitrogens with zero attached hydrogens (tertiary/aromatic N) is 3.